The summed E-state index contributed by atoms with van der Waals surface area (Å²) in [5, 5.41) is 5.60. The highest BCUT2D eigenvalue weighted by molar-refractivity contribution is 6.03. The molecule has 1 saturated heterocycles. The number of nitrogens with one attached hydrogen (secondary N) is 2. The summed E-state index contributed by atoms with van der Waals surface area (Å²) in [6, 6.07) is 16.5. The van der Waals surface area contributed by atoms with Crippen molar-refractivity contribution in [3.8, 4) is 0 Å². The van der Waals surface area contributed by atoms with E-state index >= 15 is 0 Å². The highest BCUT2D eigenvalue weighted by Crippen LogP contribution is 2.20. The Labute approximate surface area is 141 Å². The minimum absolute atomic E-state index is 0.0218. The summed E-state index contributed by atoms with van der Waals surface area (Å²) < 4.78 is 0. The zero-order valence-corrected chi connectivity index (χ0v) is 13.5. The third kappa shape index (κ3) is 3.93. The number of carbonyl (C=O) groups excluding carboxylic acids is 2. The van der Waals surface area contributed by atoms with E-state index in [4.69, 9.17) is 0 Å². The molecular weight excluding hydrogens is 302 g/mol. The van der Waals surface area contributed by atoms with Gasteiger partial charge in [-0.3, -0.25) is 4.79 Å². The molecule has 1 aliphatic rings. The Kier molecular flexibility index (Phi) is 5.11. The van der Waals surface area contributed by atoms with Gasteiger partial charge in [0, 0.05) is 19.6 Å². The van der Waals surface area contributed by atoms with Gasteiger partial charge >= 0.3 is 6.03 Å². The number of likely N-dealkylation sites (tertiary alicyclic amines) is 1. The predicted molar refractivity (Wildman–Crippen MR) is 93.9 cm³/mol. The average Bonchev–Trinajstić information content (AvgIpc) is 3.15. The van der Waals surface area contributed by atoms with Crippen molar-refractivity contribution in [2.45, 2.75) is 19.4 Å². The molecule has 0 aromatic heterocycles. The molecule has 5 nitrogen and oxygen atoms in total. The Morgan fingerprint density at radius 3 is 2.33 bits per heavy atom. The molecule has 0 unspecified atom stereocenters. The normalized spacial score (nSPS) is 13.6. The lowest BCUT2D eigenvalue weighted by Gasteiger charge is -2.18. The SMILES string of the molecule is O=C(NCc1ccccc1)Nc1ccccc1C(=O)N1CCCC1. The molecule has 24 heavy (non-hydrogen) atoms. The maximum atomic E-state index is 12.6. The number of urea groups is 1. The molecule has 2 N–H and O–H groups in total. The van der Waals surface area contributed by atoms with Gasteiger partial charge in [0.2, 0.25) is 0 Å². The van der Waals surface area contributed by atoms with Crippen LogP contribution < -0.4 is 10.6 Å². The number of para-hydroxylation sites is 1. The van der Waals surface area contributed by atoms with Crippen molar-refractivity contribution in [2.24, 2.45) is 0 Å². The third-order valence-electron chi connectivity index (χ3n) is 4.09. The number of hydrogen-bond acceptors (Lipinski definition) is 2. The van der Waals surface area contributed by atoms with Crippen LogP contribution in [-0.2, 0) is 6.54 Å². The van der Waals surface area contributed by atoms with E-state index in [1.165, 1.54) is 0 Å². The van der Waals surface area contributed by atoms with Gasteiger partial charge < -0.3 is 15.5 Å². The lowest BCUT2D eigenvalue weighted by atomic mass is 10.1. The lowest BCUT2D eigenvalue weighted by Crippen LogP contribution is -2.31. The number of hydrogen-bond donors (Lipinski definition) is 2. The van der Waals surface area contributed by atoms with E-state index in [2.05, 4.69) is 10.6 Å². The summed E-state index contributed by atoms with van der Waals surface area (Å²) >= 11 is 0. The average molecular weight is 323 g/mol. The summed E-state index contributed by atoms with van der Waals surface area (Å²) in [5.74, 6) is -0.0218. The van der Waals surface area contributed by atoms with Gasteiger partial charge in [-0.25, -0.2) is 4.79 Å². The van der Waals surface area contributed by atoms with Gasteiger partial charge in [-0.1, -0.05) is 42.5 Å². The number of nitrogens with zero attached hydrogens (tertiary/aromatic N) is 1. The molecule has 1 aliphatic heterocycles. The van der Waals surface area contributed by atoms with Crippen LogP contribution in [0.4, 0.5) is 10.5 Å². The van der Waals surface area contributed by atoms with E-state index in [-0.39, 0.29) is 11.9 Å². The summed E-state index contributed by atoms with van der Waals surface area (Å²) in [4.78, 5) is 26.6. The molecule has 0 atom stereocenters. The van der Waals surface area contributed by atoms with Crippen molar-refractivity contribution in [1.82, 2.24) is 10.2 Å². The first-order valence-corrected chi connectivity index (χ1v) is 8.21. The standard InChI is InChI=1S/C19H21N3O2/c23-18(22-12-6-7-13-22)16-10-4-5-11-17(16)21-19(24)20-14-15-8-2-1-3-9-15/h1-5,8-11H,6-7,12-14H2,(H2,20,21,24). The quantitative estimate of drug-likeness (QED) is 0.907. The van der Waals surface area contributed by atoms with Crippen molar-refractivity contribution in [3.05, 3.63) is 65.7 Å². The topological polar surface area (TPSA) is 61.4 Å². The molecule has 2 aromatic carbocycles. The van der Waals surface area contributed by atoms with Gasteiger partial charge in [0.15, 0.2) is 0 Å². The van der Waals surface area contributed by atoms with Crippen LogP contribution in [0.25, 0.3) is 0 Å². The van der Waals surface area contributed by atoms with Crippen LogP contribution in [0.15, 0.2) is 54.6 Å². The molecule has 0 aliphatic carbocycles. The Balaban J connectivity index is 1.64. The molecule has 0 radical (unpaired) electrons. The summed E-state index contributed by atoms with van der Waals surface area (Å²) in [5.41, 5.74) is 2.10. The summed E-state index contributed by atoms with van der Waals surface area (Å²) in [7, 11) is 0. The van der Waals surface area contributed by atoms with E-state index in [0.717, 1.165) is 31.5 Å². The first-order valence-electron chi connectivity index (χ1n) is 8.21. The number of benzene rings is 2. The minimum atomic E-state index is -0.319. The second-order valence-electron chi connectivity index (χ2n) is 5.84. The molecule has 3 amide bonds. The fourth-order valence-corrected chi connectivity index (χ4v) is 2.81. The fraction of sp³-hybridized carbons (Fsp3) is 0.263. The largest absolute Gasteiger partial charge is 0.339 e. The van der Waals surface area contributed by atoms with Gasteiger partial charge in [-0.2, -0.15) is 0 Å². The van der Waals surface area contributed by atoms with Crippen molar-refractivity contribution in [2.75, 3.05) is 18.4 Å². The Morgan fingerprint density at radius 1 is 0.917 bits per heavy atom. The molecule has 1 fully saturated rings. The van der Waals surface area contributed by atoms with Crippen LogP contribution in [0.2, 0.25) is 0 Å². The number of rotatable bonds is 4. The molecule has 0 bridgehead atoms. The molecular formula is C19H21N3O2. The molecule has 3 rings (SSSR count). The predicted octanol–water partition coefficient (Wildman–Crippen LogP) is 3.24. The van der Waals surface area contributed by atoms with E-state index < -0.39 is 0 Å². The van der Waals surface area contributed by atoms with Crippen molar-refractivity contribution >= 4 is 17.6 Å². The second-order valence-corrected chi connectivity index (χ2v) is 5.84. The van der Waals surface area contributed by atoms with Crippen LogP contribution >= 0.6 is 0 Å². The molecule has 0 saturated carbocycles. The Bertz CT molecular complexity index is 710. The smallest absolute Gasteiger partial charge is 0.319 e. The van der Waals surface area contributed by atoms with Gasteiger partial charge in [0.25, 0.3) is 5.91 Å². The molecule has 0 spiro atoms. The summed E-state index contributed by atoms with van der Waals surface area (Å²) in [6.45, 7) is 2.01. The highest BCUT2D eigenvalue weighted by Gasteiger charge is 2.22. The fourth-order valence-electron chi connectivity index (χ4n) is 2.81. The van der Waals surface area contributed by atoms with Gasteiger partial charge in [0.05, 0.1) is 11.3 Å². The lowest BCUT2D eigenvalue weighted by molar-refractivity contribution is 0.0794. The monoisotopic (exact) mass is 323 g/mol. The van der Waals surface area contributed by atoms with Crippen LogP contribution in [0.1, 0.15) is 28.8 Å². The van der Waals surface area contributed by atoms with E-state index in [1.807, 2.05) is 47.4 Å². The third-order valence-corrected chi connectivity index (χ3v) is 4.09. The van der Waals surface area contributed by atoms with Crippen molar-refractivity contribution < 1.29 is 9.59 Å². The van der Waals surface area contributed by atoms with Gasteiger partial charge in [-0.15, -0.1) is 0 Å². The number of amides is 3. The van der Waals surface area contributed by atoms with E-state index in [1.54, 1.807) is 12.1 Å². The van der Waals surface area contributed by atoms with Crippen molar-refractivity contribution in [3.63, 3.8) is 0 Å². The van der Waals surface area contributed by atoms with Crippen molar-refractivity contribution in [1.29, 1.82) is 0 Å². The number of carbonyl (C=O) groups is 2. The molecule has 124 valence electrons. The first-order chi connectivity index (χ1) is 11.7. The van der Waals surface area contributed by atoms with Crippen LogP contribution in [0, 0.1) is 0 Å². The maximum absolute atomic E-state index is 12.6. The Morgan fingerprint density at radius 2 is 1.58 bits per heavy atom. The molecule has 1 heterocycles. The number of anilines is 1. The zero-order valence-electron chi connectivity index (χ0n) is 13.5. The first kappa shape index (κ1) is 16.1. The van der Waals surface area contributed by atoms with Crippen LogP contribution in [-0.4, -0.2) is 29.9 Å². The van der Waals surface area contributed by atoms with E-state index in [9.17, 15) is 9.59 Å². The molecule has 2 aromatic rings. The highest BCUT2D eigenvalue weighted by atomic mass is 16.2. The zero-order chi connectivity index (χ0) is 16.8. The summed E-state index contributed by atoms with van der Waals surface area (Å²) in [6.07, 6.45) is 2.08. The maximum Gasteiger partial charge on any atom is 0.319 e. The molecule has 5 heteroatoms. The van der Waals surface area contributed by atoms with Gasteiger partial charge in [-0.05, 0) is 30.5 Å². The van der Waals surface area contributed by atoms with Crippen LogP contribution in [0.3, 0.4) is 0 Å². The van der Waals surface area contributed by atoms with Crippen LogP contribution in [0.5, 0.6) is 0 Å². The Hall–Kier alpha value is -2.82. The van der Waals surface area contributed by atoms with E-state index in [0.29, 0.717) is 17.8 Å². The minimum Gasteiger partial charge on any atom is -0.339 e. The second kappa shape index (κ2) is 7.64. The van der Waals surface area contributed by atoms with Gasteiger partial charge in [0.1, 0.15) is 0 Å².